The quantitative estimate of drug-likeness (QED) is 0.479. The number of nitrogens with zero attached hydrogens (tertiary/aromatic N) is 5. The number of methoxy groups -OCH3 is 1. The SMILES string of the molecule is COCc1nc(NN)cc(NCc2ncn(C)n2)n1. The van der Waals surface area contributed by atoms with Gasteiger partial charge in [0.15, 0.2) is 11.6 Å². The van der Waals surface area contributed by atoms with E-state index >= 15 is 0 Å². The van der Waals surface area contributed by atoms with Crippen LogP contribution in [0.25, 0.3) is 0 Å². The highest BCUT2D eigenvalue weighted by atomic mass is 16.5. The summed E-state index contributed by atoms with van der Waals surface area (Å²) < 4.78 is 6.64. The van der Waals surface area contributed by atoms with Gasteiger partial charge in [-0.3, -0.25) is 4.68 Å². The number of hydrogen-bond donors (Lipinski definition) is 3. The van der Waals surface area contributed by atoms with Crippen molar-refractivity contribution in [1.82, 2.24) is 24.7 Å². The van der Waals surface area contributed by atoms with Crippen molar-refractivity contribution in [2.45, 2.75) is 13.2 Å². The van der Waals surface area contributed by atoms with Crippen LogP contribution in [0, 0.1) is 0 Å². The molecule has 0 radical (unpaired) electrons. The molecule has 0 aliphatic heterocycles. The van der Waals surface area contributed by atoms with Gasteiger partial charge >= 0.3 is 0 Å². The lowest BCUT2D eigenvalue weighted by Crippen LogP contribution is -2.13. The van der Waals surface area contributed by atoms with E-state index in [1.165, 1.54) is 0 Å². The molecule has 2 rings (SSSR count). The summed E-state index contributed by atoms with van der Waals surface area (Å²) in [6, 6.07) is 1.70. The number of aryl methyl sites for hydroxylation is 1. The summed E-state index contributed by atoms with van der Waals surface area (Å²) >= 11 is 0. The van der Waals surface area contributed by atoms with Crippen molar-refractivity contribution in [3.8, 4) is 0 Å². The number of hydrogen-bond acceptors (Lipinski definition) is 8. The van der Waals surface area contributed by atoms with Crippen molar-refractivity contribution >= 4 is 11.6 Å². The largest absolute Gasteiger partial charge is 0.377 e. The van der Waals surface area contributed by atoms with Gasteiger partial charge in [-0.2, -0.15) is 5.10 Å². The number of nitrogens with two attached hydrogens (primary N) is 1. The molecule has 19 heavy (non-hydrogen) atoms. The number of hydrazine groups is 1. The topological polar surface area (TPSA) is 116 Å². The Bertz CT molecular complexity index is 540. The molecule has 9 nitrogen and oxygen atoms in total. The minimum Gasteiger partial charge on any atom is -0.377 e. The maximum Gasteiger partial charge on any atom is 0.169 e. The van der Waals surface area contributed by atoms with Crippen LogP contribution in [0.1, 0.15) is 11.6 Å². The minimum atomic E-state index is 0.312. The Morgan fingerprint density at radius 3 is 2.74 bits per heavy atom. The van der Waals surface area contributed by atoms with Gasteiger partial charge < -0.3 is 15.5 Å². The number of nitrogen functional groups attached to an aromatic ring is 1. The van der Waals surface area contributed by atoms with E-state index in [9.17, 15) is 0 Å². The Balaban J connectivity index is 2.08. The lowest BCUT2D eigenvalue weighted by molar-refractivity contribution is 0.178. The molecule has 2 heterocycles. The number of rotatable bonds is 6. The Morgan fingerprint density at radius 1 is 1.32 bits per heavy atom. The molecule has 0 spiro atoms. The van der Waals surface area contributed by atoms with Crippen molar-refractivity contribution in [3.05, 3.63) is 24.0 Å². The molecule has 0 unspecified atom stereocenters. The molecule has 0 aliphatic carbocycles. The van der Waals surface area contributed by atoms with Crippen molar-refractivity contribution in [2.75, 3.05) is 17.9 Å². The molecule has 0 aromatic carbocycles. The molecule has 0 aliphatic rings. The Morgan fingerprint density at radius 2 is 2.11 bits per heavy atom. The molecule has 9 heteroatoms. The molecular weight excluding hydrogens is 248 g/mol. The van der Waals surface area contributed by atoms with Gasteiger partial charge in [0.1, 0.15) is 24.6 Å². The fraction of sp³-hybridized carbons (Fsp3) is 0.400. The highest BCUT2D eigenvalue weighted by Crippen LogP contribution is 2.11. The first-order valence-electron chi connectivity index (χ1n) is 5.63. The van der Waals surface area contributed by atoms with E-state index in [0.717, 1.165) is 0 Å². The van der Waals surface area contributed by atoms with Crippen molar-refractivity contribution in [2.24, 2.45) is 12.9 Å². The van der Waals surface area contributed by atoms with Crippen LogP contribution in [-0.2, 0) is 24.9 Å². The van der Waals surface area contributed by atoms with Crippen molar-refractivity contribution in [3.63, 3.8) is 0 Å². The standard InChI is InChI=1S/C10H16N8O/c1-18-6-13-9(17-18)4-12-7-3-8(16-11)15-10(14-7)5-19-2/h3,6H,4-5,11H2,1-2H3,(H2,12,14,15,16). The highest BCUT2D eigenvalue weighted by Gasteiger charge is 2.05. The van der Waals surface area contributed by atoms with E-state index in [4.69, 9.17) is 10.6 Å². The predicted molar refractivity (Wildman–Crippen MR) is 68.9 cm³/mol. The average Bonchev–Trinajstić information content (AvgIpc) is 2.82. The monoisotopic (exact) mass is 264 g/mol. The van der Waals surface area contributed by atoms with Gasteiger partial charge in [0.05, 0.1) is 6.54 Å². The summed E-state index contributed by atoms with van der Waals surface area (Å²) in [5, 5.41) is 7.27. The summed E-state index contributed by atoms with van der Waals surface area (Å²) in [5.74, 6) is 7.71. The summed E-state index contributed by atoms with van der Waals surface area (Å²) in [7, 11) is 3.39. The third kappa shape index (κ3) is 3.60. The van der Waals surface area contributed by atoms with Crippen LogP contribution in [0.4, 0.5) is 11.6 Å². The second kappa shape index (κ2) is 6.07. The third-order valence-corrected chi connectivity index (χ3v) is 2.27. The summed E-state index contributed by atoms with van der Waals surface area (Å²) in [4.78, 5) is 12.6. The molecule has 0 saturated heterocycles. The van der Waals surface area contributed by atoms with Crippen LogP contribution < -0.4 is 16.6 Å². The van der Waals surface area contributed by atoms with Crippen LogP contribution in [-0.4, -0.2) is 31.8 Å². The van der Waals surface area contributed by atoms with Gasteiger partial charge in [-0.15, -0.1) is 0 Å². The Hall–Kier alpha value is -2.26. The van der Waals surface area contributed by atoms with E-state index in [1.54, 1.807) is 24.2 Å². The van der Waals surface area contributed by atoms with Gasteiger partial charge in [-0.25, -0.2) is 20.8 Å². The van der Waals surface area contributed by atoms with E-state index in [-0.39, 0.29) is 0 Å². The molecule has 0 fully saturated rings. The zero-order valence-corrected chi connectivity index (χ0v) is 10.8. The summed E-state index contributed by atoms with van der Waals surface area (Å²) in [5.41, 5.74) is 2.49. The molecule has 2 aromatic rings. The van der Waals surface area contributed by atoms with E-state index < -0.39 is 0 Å². The van der Waals surface area contributed by atoms with E-state index in [2.05, 4.69) is 30.8 Å². The molecule has 0 saturated carbocycles. The Labute approximate surface area is 110 Å². The number of anilines is 2. The van der Waals surface area contributed by atoms with Gasteiger partial charge in [0.2, 0.25) is 0 Å². The molecular formula is C10H16N8O. The summed E-state index contributed by atoms with van der Waals surface area (Å²) in [6.07, 6.45) is 1.64. The lowest BCUT2D eigenvalue weighted by Gasteiger charge is -2.08. The fourth-order valence-corrected chi connectivity index (χ4v) is 1.49. The number of aromatic nitrogens is 5. The maximum absolute atomic E-state index is 5.36. The van der Waals surface area contributed by atoms with Gasteiger partial charge in [0.25, 0.3) is 0 Å². The second-order valence-corrected chi connectivity index (χ2v) is 3.82. The Kier molecular flexibility index (Phi) is 4.21. The van der Waals surface area contributed by atoms with Crippen LogP contribution in [0.2, 0.25) is 0 Å². The normalized spacial score (nSPS) is 10.5. The fourth-order valence-electron chi connectivity index (χ4n) is 1.49. The van der Waals surface area contributed by atoms with Crippen LogP contribution in [0.3, 0.4) is 0 Å². The molecule has 102 valence electrons. The number of nitrogens with one attached hydrogen (secondary N) is 2. The number of ether oxygens (including phenoxy) is 1. The van der Waals surface area contributed by atoms with Gasteiger partial charge in [-0.05, 0) is 0 Å². The van der Waals surface area contributed by atoms with Gasteiger partial charge in [-0.1, -0.05) is 0 Å². The third-order valence-electron chi connectivity index (χ3n) is 2.27. The first-order valence-corrected chi connectivity index (χ1v) is 5.63. The maximum atomic E-state index is 5.36. The van der Waals surface area contributed by atoms with Crippen LogP contribution in [0.5, 0.6) is 0 Å². The van der Waals surface area contributed by atoms with Crippen molar-refractivity contribution in [1.29, 1.82) is 0 Å². The average molecular weight is 264 g/mol. The highest BCUT2D eigenvalue weighted by molar-refractivity contribution is 5.46. The summed E-state index contributed by atoms with van der Waals surface area (Å²) in [6.45, 7) is 0.778. The van der Waals surface area contributed by atoms with Crippen LogP contribution in [0.15, 0.2) is 12.4 Å². The smallest absolute Gasteiger partial charge is 0.169 e. The zero-order chi connectivity index (χ0) is 13.7. The zero-order valence-electron chi connectivity index (χ0n) is 10.8. The predicted octanol–water partition coefficient (Wildman–Crippen LogP) is -0.351. The van der Waals surface area contributed by atoms with E-state index in [0.29, 0.717) is 36.4 Å². The molecule has 2 aromatic heterocycles. The first-order chi connectivity index (χ1) is 9.21. The first kappa shape index (κ1) is 13.2. The molecule has 4 N–H and O–H groups in total. The molecule has 0 amide bonds. The molecule has 0 atom stereocenters. The minimum absolute atomic E-state index is 0.312. The van der Waals surface area contributed by atoms with E-state index in [1.807, 2.05) is 7.05 Å². The molecule has 0 bridgehead atoms. The van der Waals surface area contributed by atoms with Gasteiger partial charge in [0, 0.05) is 20.2 Å². The van der Waals surface area contributed by atoms with Crippen molar-refractivity contribution < 1.29 is 4.74 Å². The van der Waals surface area contributed by atoms with Crippen LogP contribution >= 0.6 is 0 Å². The second-order valence-electron chi connectivity index (χ2n) is 3.82. The lowest BCUT2D eigenvalue weighted by atomic mass is 10.4.